The second-order valence-electron chi connectivity index (χ2n) is 4.08. The molecule has 6 nitrogen and oxygen atoms in total. The molecule has 1 amide bonds. The number of alkyl halides is 1. The summed E-state index contributed by atoms with van der Waals surface area (Å²) in [6.07, 6.45) is 1.48. The first-order valence-corrected chi connectivity index (χ1v) is 6.54. The van der Waals surface area contributed by atoms with Gasteiger partial charge in [-0.3, -0.25) is 14.6 Å². The highest BCUT2D eigenvalue weighted by Crippen LogP contribution is 2.27. The van der Waals surface area contributed by atoms with Crippen molar-refractivity contribution in [3.05, 3.63) is 28.8 Å². The summed E-state index contributed by atoms with van der Waals surface area (Å²) in [5, 5.41) is 11.0. The quantitative estimate of drug-likeness (QED) is 0.765. The Kier molecular flexibility index (Phi) is 6.01. The topological polar surface area (TPSA) is 105 Å². The molecule has 114 valence electrons. The van der Waals surface area contributed by atoms with Crippen molar-refractivity contribution in [2.75, 3.05) is 6.54 Å². The number of carboxylic acids is 1. The normalized spacial score (nSPS) is 11.7. The largest absolute Gasteiger partial charge is 0.480 e. The molecule has 21 heavy (non-hydrogen) atoms. The summed E-state index contributed by atoms with van der Waals surface area (Å²) in [6.45, 7) is -0.809. The third-order valence-electron chi connectivity index (χ3n) is 2.66. The van der Waals surface area contributed by atoms with Gasteiger partial charge in [-0.1, -0.05) is 0 Å². The van der Waals surface area contributed by atoms with Gasteiger partial charge in [-0.2, -0.15) is 0 Å². The second-order valence-corrected chi connectivity index (χ2v) is 5.14. The number of fused-ring (bicyclic) bond motifs is 1. The Morgan fingerprint density at radius 2 is 2.24 bits per heavy atom. The fourth-order valence-corrected chi connectivity index (χ4v) is 2.61. The third kappa shape index (κ3) is 3.87. The van der Waals surface area contributed by atoms with Crippen molar-refractivity contribution in [1.82, 2.24) is 10.3 Å². The molecule has 0 aromatic carbocycles. The number of carbonyl (C=O) groups is 2. The minimum atomic E-state index is -1.19. The first kappa shape index (κ1) is 17.3. The summed E-state index contributed by atoms with van der Waals surface area (Å²) in [5.74, 6) is -1.64. The van der Waals surface area contributed by atoms with E-state index in [-0.39, 0.29) is 19.0 Å². The van der Waals surface area contributed by atoms with Crippen LogP contribution in [0.2, 0.25) is 0 Å². The maximum atomic E-state index is 12.8. The fraction of sp³-hybridized carbons (Fsp3) is 0.250. The van der Waals surface area contributed by atoms with E-state index in [1.807, 2.05) is 0 Å². The first-order chi connectivity index (χ1) is 9.52. The smallest absolute Gasteiger partial charge is 0.322 e. The van der Waals surface area contributed by atoms with Crippen LogP contribution in [0.4, 0.5) is 4.39 Å². The molecule has 0 spiro atoms. The predicted molar refractivity (Wildman–Crippen MR) is 79.6 cm³/mol. The van der Waals surface area contributed by atoms with Crippen LogP contribution in [0.5, 0.6) is 0 Å². The summed E-state index contributed by atoms with van der Waals surface area (Å²) < 4.78 is 13.4. The average Bonchev–Trinajstić information content (AvgIpc) is 2.87. The Balaban J connectivity index is 0.00000220. The number of pyridine rings is 1. The Hall–Kier alpha value is -1.77. The molecule has 2 rings (SSSR count). The van der Waals surface area contributed by atoms with Gasteiger partial charge in [0.15, 0.2) is 0 Å². The molecule has 2 aromatic heterocycles. The summed E-state index contributed by atoms with van der Waals surface area (Å²) >= 11 is 1.11. The molecule has 0 saturated heterocycles. The SMILES string of the molecule is Cl.NC(CNC(=O)c1cc2nccc(CF)c2s1)C(=O)O. The zero-order valence-electron chi connectivity index (χ0n) is 10.7. The van der Waals surface area contributed by atoms with Gasteiger partial charge in [0.05, 0.1) is 15.1 Å². The van der Waals surface area contributed by atoms with E-state index in [9.17, 15) is 14.0 Å². The molecule has 0 aliphatic heterocycles. The second kappa shape index (κ2) is 7.30. The molecule has 2 aromatic rings. The van der Waals surface area contributed by atoms with Crippen LogP contribution >= 0.6 is 23.7 Å². The summed E-state index contributed by atoms with van der Waals surface area (Å²) in [6, 6.07) is 1.94. The Labute approximate surface area is 129 Å². The molecular formula is C12H13ClFN3O3S. The highest BCUT2D eigenvalue weighted by atomic mass is 35.5. The minimum absolute atomic E-state index is 0. The van der Waals surface area contributed by atoms with Crippen LogP contribution in [0, 0.1) is 0 Å². The van der Waals surface area contributed by atoms with Crippen LogP contribution in [-0.4, -0.2) is 34.6 Å². The van der Waals surface area contributed by atoms with Crippen LogP contribution in [0.25, 0.3) is 10.2 Å². The average molecular weight is 334 g/mol. The van der Waals surface area contributed by atoms with E-state index in [1.165, 1.54) is 6.20 Å². The number of thiophene rings is 1. The molecule has 0 saturated carbocycles. The molecule has 0 aliphatic carbocycles. The van der Waals surface area contributed by atoms with Gasteiger partial charge in [-0.05, 0) is 12.1 Å². The number of rotatable bonds is 5. The number of carboxylic acid groups (broad SMARTS) is 1. The fourth-order valence-electron chi connectivity index (χ4n) is 1.58. The molecule has 0 aliphatic rings. The molecular weight excluding hydrogens is 321 g/mol. The molecule has 9 heteroatoms. The van der Waals surface area contributed by atoms with E-state index in [1.54, 1.807) is 12.1 Å². The number of halogens is 2. The lowest BCUT2D eigenvalue weighted by Gasteiger charge is -2.06. The Morgan fingerprint density at radius 1 is 1.52 bits per heavy atom. The van der Waals surface area contributed by atoms with Crippen molar-refractivity contribution in [1.29, 1.82) is 0 Å². The van der Waals surface area contributed by atoms with Gasteiger partial charge in [0.25, 0.3) is 5.91 Å². The number of nitrogens with one attached hydrogen (secondary N) is 1. The molecule has 4 N–H and O–H groups in total. The summed E-state index contributed by atoms with van der Waals surface area (Å²) in [7, 11) is 0. The molecule has 0 bridgehead atoms. The van der Waals surface area contributed by atoms with Crippen molar-refractivity contribution in [2.24, 2.45) is 5.73 Å². The van der Waals surface area contributed by atoms with Crippen LogP contribution in [0.3, 0.4) is 0 Å². The lowest BCUT2D eigenvalue weighted by Crippen LogP contribution is -2.42. The molecule has 1 atom stereocenters. The molecule has 2 heterocycles. The van der Waals surface area contributed by atoms with Gasteiger partial charge in [-0.15, -0.1) is 23.7 Å². The lowest BCUT2D eigenvalue weighted by atomic mass is 10.2. The minimum Gasteiger partial charge on any atom is -0.480 e. The van der Waals surface area contributed by atoms with E-state index in [2.05, 4.69) is 10.3 Å². The van der Waals surface area contributed by atoms with Crippen molar-refractivity contribution in [2.45, 2.75) is 12.7 Å². The van der Waals surface area contributed by atoms with Crippen molar-refractivity contribution in [3.8, 4) is 0 Å². The molecule has 0 radical (unpaired) electrons. The number of aromatic nitrogens is 1. The van der Waals surface area contributed by atoms with E-state index in [0.717, 1.165) is 11.3 Å². The standard InChI is InChI=1S/C12H12FN3O3S.ClH/c13-4-6-1-2-15-8-3-9(20-10(6)8)11(17)16-5-7(14)12(18)19;/h1-3,7H,4-5,14H2,(H,16,17)(H,18,19);1H. The van der Waals surface area contributed by atoms with Crippen molar-refractivity contribution < 1.29 is 19.1 Å². The number of hydrogen-bond donors (Lipinski definition) is 3. The van der Waals surface area contributed by atoms with Crippen molar-refractivity contribution >= 4 is 45.8 Å². The predicted octanol–water partition coefficient (Wildman–Crippen LogP) is 1.33. The maximum Gasteiger partial charge on any atom is 0.322 e. The van der Waals surface area contributed by atoms with Crippen LogP contribution in [-0.2, 0) is 11.5 Å². The Morgan fingerprint density at radius 3 is 2.86 bits per heavy atom. The number of aliphatic carboxylic acids is 1. The first-order valence-electron chi connectivity index (χ1n) is 5.73. The van der Waals surface area contributed by atoms with E-state index >= 15 is 0 Å². The van der Waals surface area contributed by atoms with Gasteiger partial charge in [0, 0.05) is 18.3 Å². The van der Waals surface area contributed by atoms with Gasteiger partial charge in [0.1, 0.15) is 12.7 Å². The highest BCUT2D eigenvalue weighted by Gasteiger charge is 2.16. The van der Waals surface area contributed by atoms with E-state index in [0.29, 0.717) is 20.7 Å². The van der Waals surface area contributed by atoms with E-state index < -0.39 is 24.6 Å². The van der Waals surface area contributed by atoms with Crippen LogP contribution in [0.1, 0.15) is 15.2 Å². The summed E-state index contributed by atoms with van der Waals surface area (Å²) in [4.78, 5) is 26.8. The number of hydrogen-bond acceptors (Lipinski definition) is 5. The number of nitrogens with two attached hydrogens (primary N) is 1. The zero-order valence-corrected chi connectivity index (χ0v) is 12.3. The summed E-state index contributed by atoms with van der Waals surface area (Å²) in [5.41, 5.74) is 6.30. The number of carbonyl (C=O) groups excluding carboxylic acids is 1. The van der Waals surface area contributed by atoms with Gasteiger partial charge in [-0.25, -0.2) is 4.39 Å². The van der Waals surface area contributed by atoms with E-state index in [4.69, 9.17) is 10.8 Å². The molecule has 0 fully saturated rings. The maximum absolute atomic E-state index is 12.8. The lowest BCUT2D eigenvalue weighted by molar-refractivity contribution is -0.138. The highest BCUT2D eigenvalue weighted by molar-refractivity contribution is 7.21. The van der Waals surface area contributed by atoms with Crippen LogP contribution < -0.4 is 11.1 Å². The zero-order chi connectivity index (χ0) is 14.7. The van der Waals surface area contributed by atoms with Gasteiger partial charge < -0.3 is 16.2 Å². The van der Waals surface area contributed by atoms with Gasteiger partial charge >= 0.3 is 5.97 Å². The van der Waals surface area contributed by atoms with Gasteiger partial charge in [0.2, 0.25) is 0 Å². The van der Waals surface area contributed by atoms with Crippen molar-refractivity contribution in [3.63, 3.8) is 0 Å². The van der Waals surface area contributed by atoms with Crippen LogP contribution in [0.15, 0.2) is 18.3 Å². The number of nitrogens with zero attached hydrogens (tertiary/aromatic N) is 1. The monoisotopic (exact) mass is 333 g/mol. The molecule has 1 unspecified atom stereocenters. The number of amides is 1. The Bertz CT molecular complexity index is 664. The third-order valence-corrected chi connectivity index (χ3v) is 3.86.